The van der Waals surface area contributed by atoms with Crippen molar-refractivity contribution in [2.45, 2.75) is 25.1 Å². The first-order valence-electron chi connectivity index (χ1n) is 8.29. The van der Waals surface area contributed by atoms with E-state index >= 15 is 0 Å². The van der Waals surface area contributed by atoms with Crippen LogP contribution in [0.25, 0.3) is 0 Å². The largest absolute Gasteiger partial charge is 0.497 e. The van der Waals surface area contributed by atoms with E-state index in [1.165, 1.54) is 5.56 Å². The molecule has 1 aliphatic rings. The quantitative estimate of drug-likeness (QED) is 0.652. The molecule has 0 saturated carbocycles. The van der Waals surface area contributed by atoms with E-state index in [1.807, 2.05) is 30.3 Å². The van der Waals surface area contributed by atoms with Crippen molar-refractivity contribution in [3.8, 4) is 11.8 Å². The standard InChI is InChI=1S/C19H19BrClN3O2/c1-25-15-4-2-13(3-5-15)12-24-8-9-26-19(16(24)6-7-22)14-10-17(20)23-18(21)11-14/h2-5,10-11,16,19H,6,8-9,12H2,1H3/t16-,19-/m1/s1. The second-order valence-electron chi connectivity index (χ2n) is 6.09. The summed E-state index contributed by atoms with van der Waals surface area (Å²) in [5.41, 5.74) is 2.10. The molecule has 2 heterocycles. The minimum Gasteiger partial charge on any atom is -0.497 e. The Hall–Kier alpha value is -1.65. The number of hydrogen-bond acceptors (Lipinski definition) is 5. The highest BCUT2D eigenvalue weighted by molar-refractivity contribution is 9.10. The fourth-order valence-electron chi connectivity index (χ4n) is 3.22. The van der Waals surface area contributed by atoms with E-state index in [0.717, 1.165) is 24.4 Å². The van der Waals surface area contributed by atoms with Gasteiger partial charge in [-0.3, -0.25) is 4.90 Å². The van der Waals surface area contributed by atoms with Crippen LogP contribution in [0.1, 0.15) is 23.7 Å². The maximum atomic E-state index is 9.35. The molecule has 136 valence electrons. The van der Waals surface area contributed by atoms with Crippen LogP contribution in [0, 0.1) is 11.3 Å². The number of morpholine rings is 1. The summed E-state index contributed by atoms with van der Waals surface area (Å²) < 4.78 is 11.9. The zero-order valence-electron chi connectivity index (χ0n) is 14.4. The lowest BCUT2D eigenvalue weighted by atomic mass is 9.97. The van der Waals surface area contributed by atoms with Gasteiger partial charge in [-0.1, -0.05) is 23.7 Å². The zero-order chi connectivity index (χ0) is 18.5. The van der Waals surface area contributed by atoms with Crippen molar-refractivity contribution in [3.63, 3.8) is 0 Å². The molecular weight excluding hydrogens is 418 g/mol. The maximum Gasteiger partial charge on any atom is 0.130 e. The second kappa shape index (κ2) is 8.83. The first kappa shape index (κ1) is 19.1. The summed E-state index contributed by atoms with van der Waals surface area (Å²) >= 11 is 9.48. The predicted molar refractivity (Wildman–Crippen MR) is 103 cm³/mol. The summed E-state index contributed by atoms with van der Waals surface area (Å²) in [5.74, 6) is 0.832. The molecule has 0 radical (unpaired) electrons. The van der Waals surface area contributed by atoms with Gasteiger partial charge in [0.05, 0.1) is 38.4 Å². The third kappa shape index (κ3) is 4.54. The van der Waals surface area contributed by atoms with Crippen molar-refractivity contribution in [2.75, 3.05) is 20.3 Å². The molecule has 1 saturated heterocycles. The molecular formula is C19H19BrClN3O2. The molecule has 0 amide bonds. The number of methoxy groups -OCH3 is 1. The Labute approximate surface area is 166 Å². The molecule has 0 bridgehead atoms. The predicted octanol–water partition coefficient (Wildman–Crippen LogP) is 4.36. The van der Waals surface area contributed by atoms with Gasteiger partial charge in [0, 0.05) is 13.1 Å². The highest BCUT2D eigenvalue weighted by atomic mass is 79.9. The lowest BCUT2D eigenvalue weighted by Gasteiger charge is -2.40. The van der Waals surface area contributed by atoms with Crippen molar-refractivity contribution in [3.05, 3.63) is 57.3 Å². The van der Waals surface area contributed by atoms with Crippen molar-refractivity contribution in [1.82, 2.24) is 9.88 Å². The molecule has 7 heteroatoms. The monoisotopic (exact) mass is 435 g/mol. The molecule has 0 aliphatic carbocycles. The topological polar surface area (TPSA) is 58.4 Å². The number of rotatable bonds is 5. The fourth-order valence-corrected chi connectivity index (χ4v) is 4.00. The number of pyridine rings is 1. The molecule has 0 spiro atoms. The number of benzene rings is 1. The van der Waals surface area contributed by atoms with Crippen molar-refractivity contribution < 1.29 is 9.47 Å². The van der Waals surface area contributed by atoms with Crippen LogP contribution in [-0.4, -0.2) is 36.2 Å². The van der Waals surface area contributed by atoms with Crippen LogP contribution in [0.3, 0.4) is 0 Å². The molecule has 0 unspecified atom stereocenters. The molecule has 2 aromatic rings. The SMILES string of the molecule is COc1ccc(CN2CCO[C@H](c3cc(Cl)nc(Br)c3)[C@H]2CC#N)cc1. The van der Waals surface area contributed by atoms with Crippen LogP contribution in [0.4, 0.5) is 0 Å². The van der Waals surface area contributed by atoms with Crippen molar-refractivity contribution in [2.24, 2.45) is 0 Å². The van der Waals surface area contributed by atoms with Crippen LogP contribution >= 0.6 is 27.5 Å². The number of ether oxygens (including phenoxy) is 2. The lowest BCUT2D eigenvalue weighted by Crippen LogP contribution is -2.46. The van der Waals surface area contributed by atoms with Gasteiger partial charge in [0.2, 0.25) is 0 Å². The smallest absolute Gasteiger partial charge is 0.130 e. The molecule has 26 heavy (non-hydrogen) atoms. The van der Waals surface area contributed by atoms with E-state index in [2.05, 4.69) is 31.9 Å². The Morgan fingerprint density at radius 1 is 1.38 bits per heavy atom. The third-order valence-corrected chi connectivity index (χ3v) is 5.05. The van der Waals surface area contributed by atoms with E-state index in [-0.39, 0.29) is 12.1 Å². The van der Waals surface area contributed by atoms with E-state index < -0.39 is 0 Å². The Morgan fingerprint density at radius 2 is 2.15 bits per heavy atom. The normalized spacial score (nSPS) is 20.5. The Balaban J connectivity index is 1.83. The Kier molecular flexibility index (Phi) is 6.49. The van der Waals surface area contributed by atoms with Crippen LogP contribution in [0.15, 0.2) is 41.0 Å². The highest BCUT2D eigenvalue weighted by Crippen LogP contribution is 2.33. The first-order chi connectivity index (χ1) is 12.6. The van der Waals surface area contributed by atoms with Gasteiger partial charge in [-0.25, -0.2) is 4.98 Å². The summed E-state index contributed by atoms with van der Waals surface area (Å²) in [7, 11) is 1.66. The number of nitrogens with zero attached hydrogens (tertiary/aromatic N) is 3. The summed E-state index contributed by atoms with van der Waals surface area (Å²) in [5, 5.41) is 9.75. The first-order valence-corrected chi connectivity index (χ1v) is 9.46. The molecule has 1 aliphatic heterocycles. The molecule has 0 N–H and O–H groups in total. The van der Waals surface area contributed by atoms with Crippen LogP contribution < -0.4 is 4.74 Å². The van der Waals surface area contributed by atoms with E-state index in [0.29, 0.717) is 22.8 Å². The fraction of sp³-hybridized carbons (Fsp3) is 0.368. The summed E-state index contributed by atoms with van der Waals surface area (Å²) in [6.07, 6.45) is 0.150. The van der Waals surface area contributed by atoms with Crippen LogP contribution in [-0.2, 0) is 11.3 Å². The van der Waals surface area contributed by atoms with E-state index in [4.69, 9.17) is 21.1 Å². The number of aromatic nitrogens is 1. The number of halogens is 2. The van der Waals surface area contributed by atoms with Gasteiger partial charge in [0.25, 0.3) is 0 Å². The van der Waals surface area contributed by atoms with Crippen LogP contribution in [0.5, 0.6) is 5.75 Å². The van der Waals surface area contributed by atoms with Gasteiger partial charge >= 0.3 is 0 Å². The second-order valence-corrected chi connectivity index (χ2v) is 7.29. The van der Waals surface area contributed by atoms with Gasteiger partial charge in [-0.2, -0.15) is 5.26 Å². The van der Waals surface area contributed by atoms with Gasteiger partial charge in [0.1, 0.15) is 15.5 Å². The van der Waals surface area contributed by atoms with Crippen molar-refractivity contribution >= 4 is 27.5 Å². The lowest BCUT2D eigenvalue weighted by molar-refractivity contribution is -0.0751. The van der Waals surface area contributed by atoms with Gasteiger partial charge in [0.15, 0.2) is 0 Å². The maximum absolute atomic E-state index is 9.35. The summed E-state index contributed by atoms with van der Waals surface area (Å²) in [6, 6.07) is 13.9. The Bertz CT molecular complexity index is 774. The molecule has 1 aromatic heterocycles. The minimum atomic E-state index is -0.224. The Morgan fingerprint density at radius 3 is 2.81 bits per heavy atom. The molecule has 1 aromatic carbocycles. The van der Waals surface area contributed by atoms with Gasteiger partial charge in [-0.05, 0) is 51.3 Å². The zero-order valence-corrected chi connectivity index (χ0v) is 16.7. The summed E-state index contributed by atoms with van der Waals surface area (Å²) in [4.78, 5) is 6.43. The number of hydrogen-bond donors (Lipinski definition) is 0. The average Bonchev–Trinajstić information content (AvgIpc) is 2.63. The molecule has 3 rings (SSSR count). The van der Waals surface area contributed by atoms with E-state index in [9.17, 15) is 5.26 Å². The summed E-state index contributed by atoms with van der Waals surface area (Å²) in [6.45, 7) is 2.12. The average molecular weight is 437 g/mol. The van der Waals surface area contributed by atoms with E-state index in [1.54, 1.807) is 13.2 Å². The van der Waals surface area contributed by atoms with Gasteiger partial charge < -0.3 is 9.47 Å². The van der Waals surface area contributed by atoms with Crippen molar-refractivity contribution in [1.29, 1.82) is 5.26 Å². The molecule has 1 fully saturated rings. The molecule has 5 nitrogen and oxygen atoms in total. The highest BCUT2D eigenvalue weighted by Gasteiger charge is 2.33. The molecule has 2 atom stereocenters. The van der Waals surface area contributed by atoms with Crippen LogP contribution in [0.2, 0.25) is 5.15 Å². The van der Waals surface area contributed by atoms with Gasteiger partial charge in [-0.15, -0.1) is 0 Å². The third-order valence-electron chi connectivity index (χ3n) is 4.45. The number of nitriles is 1. The minimum absolute atomic E-state index is 0.0544.